The quantitative estimate of drug-likeness (QED) is 0.748. The molecule has 0 aliphatic carbocycles. The van der Waals surface area contributed by atoms with Crippen molar-refractivity contribution >= 4 is 39.1 Å². The van der Waals surface area contributed by atoms with Crippen molar-refractivity contribution in [3.8, 4) is 5.69 Å². The van der Waals surface area contributed by atoms with Gasteiger partial charge >= 0.3 is 0 Å². The number of nitrogens with zero attached hydrogens (tertiary/aromatic N) is 2. The maximum atomic E-state index is 6.19. The van der Waals surface area contributed by atoms with E-state index < -0.39 is 0 Å². The first-order valence-corrected chi connectivity index (χ1v) is 7.12. The third kappa shape index (κ3) is 2.51. The predicted molar refractivity (Wildman–Crippen MR) is 75.6 cm³/mol. The zero-order chi connectivity index (χ0) is 12.4. The molecular formula is C12H11BrCl2N2. The van der Waals surface area contributed by atoms with Crippen LogP contribution in [-0.4, -0.2) is 9.78 Å². The van der Waals surface area contributed by atoms with E-state index in [2.05, 4.69) is 28.0 Å². The van der Waals surface area contributed by atoms with Gasteiger partial charge in [0.15, 0.2) is 0 Å². The van der Waals surface area contributed by atoms with E-state index in [4.69, 9.17) is 23.2 Å². The van der Waals surface area contributed by atoms with Crippen LogP contribution in [0.25, 0.3) is 5.69 Å². The average Bonchev–Trinajstić information content (AvgIpc) is 2.71. The van der Waals surface area contributed by atoms with Crippen LogP contribution in [0.3, 0.4) is 0 Å². The normalized spacial score (nSPS) is 10.8. The third-order valence-electron chi connectivity index (χ3n) is 2.57. The molecular weight excluding hydrogens is 323 g/mol. The van der Waals surface area contributed by atoms with Crippen LogP contribution < -0.4 is 0 Å². The van der Waals surface area contributed by atoms with E-state index in [9.17, 15) is 0 Å². The van der Waals surface area contributed by atoms with Gasteiger partial charge in [-0.05, 0) is 24.6 Å². The maximum absolute atomic E-state index is 6.19. The fraction of sp³-hybridized carbons (Fsp3) is 0.250. The summed E-state index contributed by atoms with van der Waals surface area (Å²) in [4.78, 5) is 0. The molecule has 1 aromatic carbocycles. The van der Waals surface area contributed by atoms with E-state index in [-0.39, 0.29) is 0 Å². The molecule has 0 aliphatic heterocycles. The lowest BCUT2D eigenvalue weighted by Gasteiger charge is -2.09. The minimum atomic E-state index is 0.608. The molecule has 90 valence electrons. The van der Waals surface area contributed by atoms with Gasteiger partial charge in [0.2, 0.25) is 0 Å². The van der Waals surface area contributed by atoms with Crippen molar-refractivity contribution in [3.05, 3.63) is 45.7 Å². The molecule has 0 atom stereocenters. The SMILES string of the molecule is CCc1c(CBr)cnn1-c1ccc(Cl)cc1Cl. The summed E-state index contributed by atoms with van der Waals surface area (Å²) in [5, 5.41) is 6.41. The van der Waals surface area contributed by atoms with Crippen molar-refractivity contribution in [2.45, 2.75) is 18.7 Å². The van der Waals surface area contributed by atoms with Gasteiger partial charge in [-0.2, -0.15) is 5.10 Å². The molecule has 1 heterocycles. The molecule has 2 rings (SSSR count). The molecule has 17 heavy (non-hydrogen) atoms. The summed E-state index contributed by atoms with van der Waals surface area (Å²) in [7, 11) is 0. The Morgan fingerprint density at radius 1 is 1.35 bits per heavy atom. The lowest BCUT2D eigenvalue weighted by molar-refractivity contribution is 0.811. The summed E-state index contributed by atoms with van der Waals surface area (Å²) in [6.45, 7) is 2.10. The second-order valence-electron chi connectivity index (χ2n) is 3.61. The van der Waals surface area contributed by atoms with Gasteiger partial charge in [-0.3, -0.25) is 0 Å². The van der Waals surface area contributed by atoms with Crippen molar-refractivity contribution < 1.29 is 0 Å². The van der Waals surface area contributed by atoms with E-state index in [1.165, 1.54) is 5.56 Å². The van der Waals surface area contributed by atoms with Crippen LogP contribution >= 0.6 is 39.1 Å². The standard InChI is InChI=1S/C12H11BrCl2N2/c1-2-11-8(6-13)7-16-17(11)12-4-3-9(14)5-10(12)15/h3-5,7H,2,6H2,1H3. The van der Waals surface area contributed by atoms with Gasteiger partial charge in [0.05, 0.1) is 16.9 Å². The molecule has 5 heteroatoms. The molecule has 0 N–H and O–H groups in total. The second-order valence-corrected chi connectivity index (χ2v) is 5.02. The van der Waals surface area contributed by atoms with E-state index in [0.717, 1.165) is 23.1 Å². The van der Waals surface area contributed by atoms with Crippen LogP contribution in [0, 0.1) is 0 Å². The monoisotopic (exact) mass is 332 g/mol. The van der Waals surface area contributed by atoms with Crippen LogP contribution in [-0.2, 0) is 11.8 Å². The second kappa shape index (κ2) is 5.42. The van der Waals surface area contributed by atoms with Gasteiger partial charge in [-0.25, -0.2) is 4.68 Å². The molecule has 0 unspecified atom stereocenters. The topological polar surface area (TPSA) is 17.8 Å². The molecule has 0 bridgehead atoms. The largest absolute Gasteiger partial charge is 0.236 e. The van der Waals surface area contributed by atoms with Gasteiger partial charge in [-0.1, -0.05) is 46.1 Å². The van der Waals surface area contributed by atoms with Crippen molar-refractivity contribution in [3.63, 3.8) is 0 Å². The van der Waals surface area contributed by atoms with E-state index in [0.29, 0.717) is 10.0 Å². The molecule has 2 nitrogen and oxygen atoms in total. The molecule has 0 spiro atoms. The molecule has 1 aromatic heterocycles. The Morgan fingerprint density at radius 2 is 2.12 bits per heavy atom. The van der Waals surface area contributed by atoms with Crippen LogP contribution in [0.5, 0.6) is 0 Å². The summed E-state index contributed by atoms with van der Waals surface area (Å²) in [5.41, 5.74) is 3.20. The van der Waals surface area contributed by atoms with Crippen LogP contribution in [0.15, 0.2) is 24.4 Å². The van der Waals surface area contributed by atoms with E-state index >= 15 is 0 Å². The third-order valence-corrected chi connectivity index (χ3v) is 3.71. The highest BCUT2D eigenvalue weighted by Gasteiger charge is 2.12. The molecule has 0 saturated heterocycles. The van der Waals surface area contributed by atoms with Crippen molar-refractivity contribution in [2.75, 3.05) is 0 Å². The smallest absolute Gasteiger partial charge is 0.0836 e. The molecule has 2 aromatic rings. The maximum Gasteiger partial charge on any atom is 0.0836 e. The number of benzene rings is 1. The fourth-order valence-corrected chi connectivity index (χ4v) is 2.71. The minimum Gasteiger partial charge on any atom is -0.236 e. The van der Waals surface area contributed by atoms with Gasteiger partial charge in [0, 0.05) is 21.6 Å². The molecule has 0 fully saturated rings. The van der Waals surface area contributed by atoms with Crippen molar-refractivity contribution in [2.24, 2.45) is 0 Å². The highest BCUT2D eigenvalue weighted by atomic mass is 79.9. The Morgan fingerprint density at radius 3 is 2.71 bits per heavy atom. The van der Waals surface area contributed by atoms with Gasteiger partial charge < -0.3 is 0 Å². The lowest BCUT2D eigenvalue weighted by atomic mass is 10.2. The molecule has 0 saturated carbocycles. The zero-order valence-corrected chi connectivity index (χ0v) is 12.3. The highest BCUT2D eigenvalue weighted by molar-refractivity contribution is 9.08. The Balaban J connectivity index is 2.56. The number of hydrogen-bond acceptors (Lipinski definition) is 1. The van der Waals surface area contributed by atoms with Gasteiger partial charge in [0.1, 0.15) is 0 Å². The first kappa shape index (κ1) is 12.9. The van der Waals surface area contributed by atoms with Gasteiger partial charge in [0.25, 0.3) is 0 Å². The minimum absolute atomic E-state index is 0.608. The van der Waals surface area contributed by atoms with Crippen LogP contribution in [0.2, 0.25) is 10.0 Å². The Hall–Kier alpha value is -0.510. The molecule has 0 radical (unpaired) electrons. The molecule has 0 aliphatic rings. The highest BCUT2D eigenvalue weighted by Crippen LogP contribution is 2.26. The van der Waals surface area contributed by atoms with E-state index in [1.54, 1.807) is 6.07 Å². The lowest BCUT2D eigenvalue weighted by Crippen LogP contribution is -2.03. The first-order chi connectivity index (χ1) is 8.17. The summed E-state index contributed by atoms with van der Waals surface area (Å²) < 4.78 is 1.87. The Bertz CT molecular complexity index is 537. The summed E-state index contributed by atoms with van der Waals surface area (Å²) in [6.07, 6.45) is 2.76. The van der Waals surface area contributed by atoms with Crippen LogP contribution in [0.1, 0.15) is 18.2 Å². The van der Waals surface area contributed by atoms with Crippen molar-refractivity contribution in [1.29, 1.82) is 0 Å². The fourth-order valence-electron chi connectivity index (χ4n) is 1.76. The first-order valence-electron chi connectivity index (χ1n) is 5.24. The number of halogens is 3. The predicted octanol–water partition coefficient (Wildman–Crippen LogP) is 4.64. The molecule has 0 amide bonds. The zero-order valence-electron chi connectivity index (χ0n) is 9.25. The van der Waals surface area contributed by atoms with Crippen LogP contribution in [0.4, 0.5) is 0 Å². The van der Waals surface area contributed by atoms with Crippen molar-refractivity contribution in [1.82, 2.24) is 9.78 Å². The number of rotatable bonds is 3. The van der Waals surface area contributed by atoms with E-state index in [1.807, 2.05) is 23.0 Å². The summed E-state index contributed by atoms with van der Waals surface area (Å²) >= 11 is 15.5. The average molecular weight is 334 g/mol. The number of aromatic nitrogens is 2. The Labute approximate surface area is 119 Å². The summed E-state index contributed by atoms with van der Waals surface area (Å²) in [5.74, 6) is 0. The Kier molecular flexibility index (Phi) is 4.13. The number of hydrogen-bond donors (Lipinski definition) is 0. The van der Waals surface area contributed by atoms with Gasteiger partial charge in [-0.15, -0.1) is 0 Å². The number of alkyl halides is 1. The summed E-state index contributed by atoms with van der Waals surface area (Å²) in [6, 6.07) is 5.43.